The van der Waals surface area contributed by atoms with Gasteiger partial charge >= 0.3 is 0 Å². The first-order valence-corrected chi connectivity index (χ1v) is 9.38. The van der Waals surface area contributed by atoms with Crippen molar-refractivity contribution >= 4 is 33.7 Å². The third kappa shape index (κ3) is 3.76. The summed E-state index contributed by atoms with van der Waals surface area (Å²) in [5.74, 6) is -0.191. The van der Waals surface area contributed by atoms with E-state index in [9.17, 15) is 4.39 Å². The number of thiophene rings is 1. The van der Waals surface area contributed by atoms with Gasteiger partial charge in [-0.25, -0.2) is 9.37 Å². The first-order valence-electron chi connectivity index (χ1n) is 8.50. The quantitative estimate of drug-likeness (QED) is 0.410. The molecule has 0 amide bonds. The Morgan fingerprint density at radius 1 is 1.04 bits per heavy atom. The van der Waals surface area contributed by atoms with E-state index in [-0.39, 0.29) is 5.82 Å². The fourth-order valence-electron chi connectivity index (χ4n) is 2.89. The monoisotopic (exact) mass is 366 g/mol. The lowest BCUT2D eigenvalue weighted by molar-refractivity contribution is 0.626. The van der Waals surface area contributed by atoms with Crippen molar-refractivity contribution in [3.05, 3.63) is 76.5 Å². The number of nitrogens with one attached hydrogen (secondary N) is 3. The molecule has 26 heavy (non-hydrogen) atoms. The van der Waals surface area contributed by atoms with Gasteiger partial charge in [0.15, 0.2) is 0 Å². The maximum absolute atomic E-state index is 12.9. The second kappa shape index (κ2) is 7.68. The molecule has 0 saturated carbocycles. The van der Waals surface area contributed by atoms with Crippen LogP contribution in [0.25, 0.3) is 11.0 Å². The Hall–Kier alpha value is -2.70. The summed E-state index contributed by atoms with van der Waals surface area (Å²) in [5, 5.41) is 10.2. The minimum absolute atomic E-state index is 0.191. The molecule has 0 atom stereocenters. The largest absolute Gasteiger partial charge is 0.354 e. The number of benzene rings is 1. The van der Waals surface area contributed by atoms with Crippen LogP contribution in [-0.2, 0) is 13.0 Å². The van der Waals surface area contributed by atoms with Gasteiger partial charge in [0, 0.05) is 29.2 Å². The molecule has 0 fully saturated rings. The highest BCUT2D eigenvalue weighted by molar-refractivity contribution is 7.10. The molecule has 3 aromatic heterocycles. The summed E-state index contributed by atoms with van der Waals surface area (Å²) in [4.78, 5) is 8.70. The third-order valence-corrected chi connectivity index (χ3v) is 5.19. The number of rotatable bonds is 7. The second-order valence-electron chi connectivity index (χ2n) is 6.03. The Balaban J connectivity index is 1.36. The number of aromatic amines is 1. The van der Waals surface area contributed by atoms with E-state index in [4.69, 9.17) is 0 Å². The van der Waals surface area contributed by atoms with E-state index in [1.54, 1.807) is 17.5 Å². The number of fused-ring (bicyclic) bond motifs is 1. The molecule has 3 heterocycles. The zero-order valence-corrected chi connectivity index (χ0v) is 14.9. The zero-order valence-electron chi connectivity index (χ0n) is 14.1. The van der Waals surface area contributed by atoms with Crippen molar-refractivity contribution in [1.29, 1.82) is 0 Å². The lowest BCUT2D eigenvalue weighted by atomic mass is 10.1. The van der Waals surface area contributed by atoms with Crippen LogP contribution in [0.4, 0.5) is 15.8 Å². The predicted molar refractivity (Wildman–Crippen MR) is 106 cm³/mol. The zero-order chi connectivity index (χ0) is 17.8. The molecule has 6 heteroatoms. The Morgan fingerprint density at radius 2 is 1.92 bits per heavy atom. The summed E-state index contributed by atoms with van der Waals surface area (Å²) in [6.07, 6.45) is 4.57. The number of halogens is 1. The normalized spacial score (nSPS) is 11.1. The van der Waals surface area contributed by atoms with E-state index in [1.165, 1.54) is 17.0 Å². The van der Waals surface area contributed by atoms with E-state index >= 15 is 0 Å². The summed E-state index contributed by atoms with van der Waals surface area (Å²) in [5.41, 5.74) is 4.17. The summed E-state index contributed by atoms with van der Waals surface area (Å²) < 4.78 is 12.9. The van der Waals surface area contributed by atoms with E-state index in [0.29, 0.717) is 0 Å². The molecule has 132 valence electrons. The van der Waals surface area contributed by atoms with Gasteiger partial charge in [-0.15, -0.1) is 11.3 Å². The first-order chi connectivity index (χ1) is 12.8. The van der Waals surface area contributed by atoms with Gasteiger partial charge in [-0.05, 0) is 54.2 Å². The molecule has 0 aliphatic carbocycles. The predicted octanol–water partition coefficient (Wildman–Crippen LogP) is 4.84. The molecule has 0 bridgehead atoms. The van der Waals surface area contributed by atoms with Gasteiger partial charge in [-0.3, -0.25) is 0 Å². The molecule has 3 N–H and O–H groups in total. The lowest BCUT2D eigenvalue weighted by Gasteiger charge is -2.10. The average Bonchev–Trinajstić information content (AvgIpc) is 3.30. The van der Waals surface area contributed by atoms with Crippen LogP contribution in [0.5, 0.6) is 0 Å². The number of hydrogen-bond donors (Lipinski definition) is 3. The molecular weight excluding hydrogens is 347 g/mol. The molecule has 0 aliphatic rings. The molecule has 0 radical (unpaired) electrons. The number of hydrogen-bond acceptors (Lipinski definition) is 4. The van der Waals surface area contributed by atoms with E-state index < -0.39 is 0 Å². The van der Waals surface area contributed by atoms with Crippen LogP contribution in [-0.4, -0.2) is 16.5 Å². The Morgan fingerprint density at radius 3 is 2.81 bits per heavy atom. The van der Waals surface area contributed by atoms with Gasteiger partial charge in [-0.1, -0.05) is 12.1 Å². The van der Waals surface area contributed by atoms with E-state index in [0.717, 1.165) is 47.5 Å². The van der Waals surface area contributed by atoms with Crippen LogP contribution in [0.3, 0.4) is 0 Å². The van der Waals surface area contributed by atoms with Crippen molar-refractivity contribution in [3.8, 4) is 0 Å². The van der Waals surface area contributed by atoms with Gasteiger partial charge < -0.3 is 15.6 Å². The molecule has 1 aromatic carbocycles. The molecule has 0 spiro atoms. The number of pyridine rings is 1. The number of nitrogens with zero attached hydrogens (tertiary/aromatic N) is 1. The van der Waals surface area contributed by atoms with Crippen molar-refractivity contribution < 1.29 is 4.39 Å². The summed E-state index contributed by atoms with van der Waals surface area (Å²) in [7, 11) is 0. The van der Waals surface area contributed by atoms with Crippen molar-refractivity contribution in [1.82, 2.24) is 15.3 Å². The number of aromatic nitrogens is 2. The summed E-state index contributed by atoms with van der Waals surface area (Å²) >= 11 is 1.73. The topological polar surface area (TPSA) is 52.7 Å². The van der Waals surface area contributed by atoms with Crippen LogP contribution in [0.15, 0.2) is 60.2 Å². The van der Waals surface area contributed by atoms with E-state index in [2.05, 4.69) is 32.0 Å². The van der Waals surface area contributed by atoms with Gasteiger partial charge in [0.25, 0.3) is 0 Å². The Labute approximate surface area is 155 Å². The lowest BCUT2D eigenvalue weighted by Crippen LogP contribution is -2.16. The van der Waals surface area contributed by atoms with Crippen LogP contribution in [0.1, 0.15) is 10.4 Å². The molecule has 4 nitrogen and oxygen atoms in total. The van der Waals surface area contributed by atoms with Crippen molar-refractivity contribution in [2.24, 2.45) is 0 Å². The molecule has 0 unspecified atom stereocenters. The summed E-state index contributed by atoms with van der Waals surface area (Å²) in [6.45, 7) is 1.64. The van der Waals surface area contributed by atoms with Crippen molar-refractivity contribution in [2.75, 3.05) is 11.9 Å². The minimum atomic E-state index is -0.191. The summed E-state index contributed by atoms with van der Waals surface area (Å²) in [6, 6.07) is 12.8. The van der Waals surface area contributed by atoms with Crippen LogP contribution >= 0.6 is 11.3 Å². The van der Waals surface area contributed by atoms with E-state index in [1.807, 2.05) is 30.5 Å². The van der Waals surface area contributed by atoms with Gasteiger partial charge in [0.1, 0.15) is 11.5 Å². The molecule has 4 rings (SSSR count). The SMILES string of the molecule is Fc1ccc(CCNCc2sccc2Nc2ccnc3[nH]ccc23)cc1. The maximum Gasteiger partial charge on any atom is 0.139 e. The maximum atomic E-state index is 12.9. The molecule has 0 saturated heterocycles. The van der Waals surface area contributed by atoms with Gasteiger partial charge in [-0.2, -0.15) is 0 Å². The van der Waals surface area contributed by atoms with Crippen LogP contribution in [0, 0.1) is 5.82 Å². The third-order valence-electron chi connectivity index (χ3n) is 4.26. The molecular formula is C20H19FN4S. The van der Waals surface area contributed by atoms with Crippen LogP contribution < -0.4 is 10.6 Å². The standard InChI is InChI=1S/C20H19FN4S/c21-15-3-1-14(2-4-15)5-9-22-13-19-18(8-12-26-19)25-17-7-11-24-20-16(17)6-10-23-20/h1-4,6-8,10-12,22H,5,9,13H2,(H2,23,24,25). The Kier molecular flexibility index (Phi) is 4.95. The Bertz CT molecular complexity index is 990. The molecule has 0 aliphatic heterocycles. The highest BCUT2D eigenvalue weighted by atomic mass is 32.1. The minimum Gasteiger partial charge on any atom is -0.354 e. The fourth-order valence-corrected chi connectivity index (χ4v) is 3.69. The number of H-pyrrole nitrogens is 1. The second-order valence-corrected chi connectivity index (χ2v) is 7.03. The fraction of sp³-hybridized carbons (Fsp3) is 0.150. The highest BCUT2D eigenvalue weighted by Crippen LogP contribution is 2.29. The highest BCUT2D eigenvalue weighted by Gasteiger charge is 2.08. The number of anilines is 2. The van der Waals surface area contributed by atoms with Gasteiger partial charge in [0.2, 0.25) is 0 Å². The van der Waals surface area contributed by atoms with Crippen molar-refractivity contribution in [2.45, 2.75) is 13.0 Å². The first kappa shape index (κ1) is 16.8. The van der Waals surface area contributed by atoms with Crippen molar-refractivity contribution in [3.63, 3.8) is 0 Å². The van der Waals surface area contributed by atoms with Gasteiger partial charge in [0.05, 0.1) is 11.4 Å². The average molecular weight is 366 g/mol. The smallest absolute Gasteiger partial charge is 0.139 e. The van der Waals surface area contributed by atoms with Crippen LogP contribution in [0.2, 0.25) is 0 Å². The molecule has 4 aromatic rings.